The van der Waals surface area contributed by atoms with Gasteiger partial charge in [0.05, 0.1) is 5.56 Å². The fraction of sp³-hybridized carbons (Fsp3) is 0.318. The molecule has 2 N–H and O–H groups in total. The highest BCUT2D eigenvalue weighted by atomic mass is 16.5. The van der Waals surface area contributed by atoms with E-state index in [0.29, 0.717) is 11.4 Å². The van der Waals surface area contributed by atoms with Gasteiger partial charge in [0.2, 0.25) is 5.91 Å². The third kappa shape index (κ3) is 5.94. The van der Waals surface area contributed by atoms with Crippen LogP contribution in [0, 0.1) is 0 Å². The van der Waals surface area contributed by atoms with Crippen molar-refractivity contribution in [1.82, 2.24) is 0 Å². The lowest BCUT2D eigenvalue weighted by Crippen LogP contribution is -2.30. The van der Waals surface area contributed by atoms with Crippen LogP contribution in [0.5, 0.6) is 0 Å². The average molecular weight is 382 g/mol. The summed E-state index contributed by atoms with van der Waals surface area (Å²) in [7, 11) is 0. The molecule has 0 aliphatic heterocycles. The highest BCUT2D eigenvalue weighted by Gasteiger charge is 2.20. The lowest BCUT2D eigenvalue weighted by molar-refractivity contribution is -0.123. The van der Waals surface area contributed by atoms with E-state index in [1.54, 1.807) is 18.2 Å². The van der Waals surface area contributed by atoms with E-state index in [1.807, 2.05) is 24.3 Å². The summed E-state index contributed by atoms with van der Waals surface area (Å²) in [5.41, 5.74) is 2.55. The third-order valence-electron chi connectivity index (χ3n) is 4.09. The van der Waals surface area contributed by atoms with Gasteiger partial charge in [0, 0.05) is 18.3 Å². The molecular formula is C22H26N2O4. The standard InChI is InChI=1S/C22H26N2O4/c1-14(20(26)24-18-11-9-17(10-12-18)22(3,4)5)28-21(27)16-7-6-8-19(13-16)23-15(2)25/h6-14H,1-5H3,(H,23,25)(H,24,26). The van der Waals surface area contributed by atoms with Crippen LogP contribution in [-0.4, -0.2) is 23.9 Å². The Hall–Kier alpha value is -3.15. The zero-order valence-corrected chi connectivity index (χ0v) is 16.8. The van der Waals surface area contributed by atoms with Gasteiger partial charge in [-0.2, -0.15) is 0 Å². The molecule has 1 atom stereocenters. The molecule has 2 amide bonds. The van der Waals surface area contributed by atoms with Gasteiger partial charge in [-0.3, -0.25) is 9.59 Å². The van der Waals surface area contributed by atoms with Crippen LogP contribution < -0.4 is 10.6 Å². The molecule has 28 heavy (non-hydrogen) atoms. The summed E-state index contributed by atoms with van der Waals surface area (Å²) in [5.74, 6) is -1.30. The van der Waals surface area contributed by atoms with Crippen LogP contribution >= 0.6 is 0 Å². The summed E-state index contributed by atoms with van der Waals surface area (Å²) in [6, 6.07) is 13.9. The zero-order chi connectivity index (χ0) is 20.9. The van der Waals surface area contributed by atoms with E-state index in [0.717, 1.165) is 5.56 Å². The second-order valence-corrected chi connectivity index (χ2v) is 7.63. The molecule has 148 valence electrons. The Morgan fingerprint density at radius 1 is 0.929 bits per heavy atom. The molecular weight excluding hydrogens is 356 g/mol. The minimum absolute atomic E-state index is 0.0249. The van der Waals surface area contributed by atoms with Crippen LogP contribution in [0.15, 0.2) is 48.5 Å². The minimum atomic E-state index is -0.973. The number of nitrogens with one attached hydrogen (secondary N) is 2. The maximum Gasteiger partial charge on any atom is 0.338 e. The summed E-state index contributed by atoms with van der Waals surface area (Å²) in [6.45, 7) is 9.23. The van der Waals surface area contributed by atoms with Crippen molar-refractivity contribution in [1.29, 1.82) is 0 Å². The van der Waals surface area contributed by atoms with Crippen molar-refractivity contribution in [3.8, 4) is 0 Å². The van der Waals surface area contributed by atoms with Gasteiger partial charge in [-0.1, -0.05) is 39.0 Å². The number of esters is 1. The summed E-state index contributed by atoms with van der Waals surface area (Å²) in [5, 5.41) is 5.34. The van der Waals surface area contributed by atoms with Crippen LogP contribution in [-0.2, 0) is 19.7 Å². The Morgan fingerprint density at radius 2 is 1.57 bits per heavy atom. The molecule has 0 bridgehead atoms. The highest BCUT2D eigenvalue weighted by Crippen LogP contribution is 2.23. The van der Waals surface area contributed by atoms with Crippen molar-refractivity contribution in [2.24, 2.45) is 0 Å². The second kappa shape index (κ2) is 8.69. The van der Waals surface area contributed by atoms with Crippen LogP contribution in [0.2, 0.25) is 0 Å². The minimum Gasteiger partial charge on any atom is -0.449 e. The van der Waals surface area contributed by atoms with Crippen molar-refractivity contribution < 1.29 is 19.1 Å². The molecule has 0 aromatic heterocycles. The second-order valence-electron chi connectivity index (χ2n) is 7.63. The van der Waals surface area contributed by atoms with Crippen LogP contribution in [0.1, 0.15) is 50.5 Å². The highest BCUT2D eigenvalue weighted by molar-refractivity contribution is 5.98. The van der Waals surface area contributed by atoms with Gasteiger partial charge in [0.1, 0.15) is 0 Å². The Morgan fingerprint density at radius 3 is 2.14 bits per heavy atom. The van der Waals surface area contributed by atoms with Crippen molar-refractivity contribution in [2.75, 3.05) is 10.6 Å². The van der Waals surface area contributed by atoms with Gasteiger partial charge < -0.3 is 15.4 Å². The number of hydrogen-bond acceptors (Lipinski definition) is 4. The van der Waals surface area contributed by atoms with E-state index in [1.165, 1.54) is 19.9 Å². The van der Waals surface area contributed by atoms with Crippen LogP contribution in [0.4, 0.5) is 11.4 Å². The first-order chi connectivity index (χ1) is 13.1. The van der Waals surface area contributed by atoms with Crippen LogP contribution in [0.3, 0.4) is 0 Å². The normalized spacial score (nSPS) is 12.0. The molecule has 0 fully saturated rings. The summed E-state index contributed by atoms with van der Waals surface area (Å²) in [4.78, 5) is 35.7. The predicted octanol–water partition coefficient (Wildman–Crippen LogP) is 4.13. The Labute approximate surface area is 165 Å². The molecule has 1 unspecified atom stereocenters. The smallest absolute Gasteiger partial charge is 0.338 e. The molecule has 2 rings (SSSR count). The van der Waals surface area contributed by atoms with E-state index >= 15 is 0 Å². The van der Waals surface area contributed by atoms with E-state index in [9.17, 15) is 14.4 Å². The summed E-state index contributed by atoms with van der Waals surface area (Å²) < 4.78 is 5.24. The Bertz CT molecular complexity index is 867. The largest absolute Gasteiger partial charge is 0.449 e. The number of rotatable bonds is 5. The number of anilines is 2. The molecule has 2 aromatic carbocycles. The predicted molar refractivity (Wildman–Crippen MR) is 109 cm³/mol. The summed E-state index contributed by atoms with van der Waals surface area (Å²) in [6.07, 6.45) is -0.973. The number of amides is 2. The van der Waals surface area contributed by atoms with Gasteiger partial charge in [-0.25, -0.2) is 4.79 Å². The van der Waals surface area contributed by atoms with Gasteiger partial charge in [-0.05, 0) is 48.2 Å². The average Bonchev–Trinajstić information content (AvgIpc) is 2.61. The molecule has 0 radical (unpaired) electrons. The maximum absolute atomic E-state index is 12.3. The van der Waals surface area contributed by atoms with E-state index < -0.39 is 18.0 Å². The Balaban J connectivity index is 1.98. The first-order valence-electron chi connectivity index (χ1n) is 9.06. The van der Waals surface area contributed by atoms with Gasteiger partial charge in [0.15, 0.2) is 6.10 Å². The van der Waals surface area contributed by atoms with Crippen molar-refractivity contribution in [3.63, 3.8) is 0 Å². The topological polar surface area (TPSA) is 84.5 Å². The number of hydrogen-bond donors (Lipinski definition) is 2. The summed E-state index contributed by atoms with van der Waals surface area (Å²) >= 11 is 0. The molecule has 0 aliphatic carbocycles. The molecule has 6 nitrogen and oxygen atoms in total. The zero-order valence-electron chi connectivity index (χ0n) is 16.8. The molecule has 6 heteroatoms. The van der Waals surface area contributed by atoms with Gasteiger partial charge in [0.25, 0.3) is 5.91 Å². The molecule has 0 saturated carbocycles. The number of ether oxygens (including phenoxy) is 1. The SMILES string of the molecule is CC(=O)Nc1cccc(C(=O)OC(C)C(=O)Nc2ccc(C(C)(C)C)cc2)c1. The first-order valence-corrected chi connectivity index (χ1v) is 9.06. The number of benzene rings is 2. The molecule has 0 spiro atoms. The number of carbonyl (C=O) groups is 3. The van der Waals surface area contributed by atoms with E-state index in [4.69, 9.17) is 4.74 Å². The Kier molecular flexibility index (Phi) is 6.57. The molecule has 2 aromatic rings. The number of carbonyl (C=O) groups excluding carboxylic acids is 3. The lowest BCUT2D eigenvalue weighted by Gasteiger charge is -2.19. The van der Waals surface area contributed by atoms with Crippen molar-refractivity contribution in [2.45, 2.75) is 46.1 Å². The van der Waals surface area contributed by atoms with Crippen LogP contribution in [0.25, 0.3) is 0 Å². The van der Waals surface area contributed by atoms with Crippen molar-refractivity contribution in [3.05, 3.63) is 59.7 Å². The monoisotopic (exact) mass is 382 g/mol. The van der Waals surface area contributed by atoms with E-state index in [-0.39, 0.29) is 16.9 Å². The third-order valence-corrected chi connectivity index (χ3v) is 4.09. The molecule has 0 saturated heterocycles. The maximum atomic E-state index is 12.3. The first kappa shape index (κ1) is 21.2. The fourth-order valence-electron chi connectivity index (χ4n) is 2.51. The lowest BCUT2D eigenvalue weighted by atomic mass is 9.87. The molecule has 0 heterocycles. The van der Waals surface area contributed by atoms with Crippen molar-refractivity contribution >= 4 is 29.2 Å². The molecule has 0 aliphatic rings. The van der Waals surface area contributed by atoms with Gasteiger partial charge >= 0.3 is 5.97 Å². The fourth-order valence-corrected chi connectivity index (χ4v) is 2.51. The van der Waals surface area contributed by atoms with E-state index in [2.05, 4.69) is 31.4 Å². The quantitative estimate of drug-likeness (QED) is 0.762. The van der Waals surface area contributed by atoms with Gasteiger partial charge in [-0.15, -0.1) is 0 Å².